The van der Waals surface area contributed by atoms with E-state index in [0.717, 1.165) is 10.6 Å². The van der Waals surface area contributed by atoms with Crippen LogP contribution in [0.4, 0.5) is 5.69 Å². The number of nitrogens with zero attached hydrogens (tertiary/aromatic N) is 1. The summed E-state index contributed by atoms with van der Waals surface area (Å²) in [4.78, 5) is 11.2. The Kier molecular flexibility index (Phi) is 4.89. The summed E-state index contributed by atoms with van der Waals surface area (Å²) in [6.07, 6.45) is 0.970. The number of rotatable bonds is 4. The molecule has 1 rings (SSSR count). The highest BCUT2D eigenvalue weighted by molar-refractivity contribution is 7.92. The number of hydrogen-bond acceptors (Lipinski definition) is 3. The zero-order chi connectivity index (χ0) is 14.1. The third-order valence-electron chi connectivity index (χ3n) is 2.14. The molecule has 0 fully saturated rings. The minimum Gasteiger partial charge on any atom is -0.279 e. The van der Waals surface area contributed by atoms with Gasteiger partial charge in [-0.05, 0) is 36.7 Å². The van der Waals surface area contributed by atoms with Gasteiger partial charge in [0, 0.05) is 10.0 Å². The Balaban J connectivity index is 3.40. The van der Waals surface area contributed by atoms with Crippen LogP contribution in [-0.4, -0.2) is 26.0 Å². The Morgan fingerprint density at radius 1 is 1.22 bits per heavy atom. The van der Waals surface area contributed by atoms with Crippen LogP contribution in [-0.2, 0) is 14.8 Å². The van der Waals surface area contributed by atoms with Crippen molar-refractivity contribution in [2.24, 2.45) is 0 Å². The van der Waals surface area contributed by atoms with Gasteiger partial charge in [0.2, 0.25) is 15.3 Å². The van der Waals surface area contributed by atoms with E-state index in [1.807, 2.05) is 0 Å². The molecule has 0 N–H and O–H groups in total. The molecule has 4 nitrogen and oxygen atoms in total. The number of carbonyl (C=O) groups is 1. The van der Waals surface area contributed by atoms with Crippen LogP contribution in [0.15, 0.2) is 18.2 Å². The van der Waals surface area contributed by atoms with E-state index in [4.69, 9.17) is 34.8 Å². The molecule has 0 aliphatic carbocycles. The minimum atomic E-state index is -3.68. The van der Waals surface area contributed by atoms with Crippen molar-refractivity contribution in [2.45, 2.75) is 13.0 Å². The first kappa shape index (κ1) is 15.6. The molecule has 0 spiro atoms. The van der Waals surface area contributed by atoms with Gasteiger partial charge in [0.25, 0.3) is 0 Å². The Morgan fingerprint density at radius 2 is 1.67 bits per heavy atom. The highest BCUT2D eigenvalue weighted by Crippen LogP contribution is 2.28. The van der Waals surface area contributed by atoms with Gasteiger partial charge in [-0.3, -0.25) is 9.10 Å². The largest absolute Gasteiger partial charge is 0.279 e. The molecular formula is C10H10Cl3NO3S. The summed E-state index contributed by atoms with van der Waals surface area (Å²) in [6, 6.07) is 3.20. The lowest BCUT2D eigenvalue weighted by molar-refractivity contribution is -0.112. The third kappa shape index (κ3) is 3.75. The van der Waals surface area contributed by atoms with Crippen LogP contribution in [0.25, 0.3) is 0 Å². The summed E-state index contributed by atoms with van der Waals surface area (Å²) in [5.41, 5.74) is 0.191. The van der Waals surface area contributed by atoms with E-state index < -0.39 is 21.3 Å². The van der Waals surface area contributed by atoms with Crippen LogP contribution in [0.2, 0.25) is 10.0 Å². The third-order valence-corrected chi connectivity index (χ3v) is 4.13. The van der Waals surface area contributed by atoms with E-state index in [1.54, 1.807) is 0 Å². The van der Waals surface area contributed by atoms with Gasteiger partial charge < -0.3 is 0 Å². The molecule has 0 aliphatic heterocycles. The van der Waals surface area contributed by atoms with Crippen LogP contribution in [0, 0.1) is 0 Å². The van der Waals surface area contributed by atoms with Gasteiger partial charge in [-0.1, -0.05) is 23.2 Å². The van der Waals surface area contributed by atoms with E-state index in [1.165, 1.54) is 25.1 Å². The SMILES string of the molecule is CC(C(=O)Cl)N(c1cc(Cl)cc(Cl)c1)S(C)(=O)=O. The van der Waals surface area contributed by atoms with Crippen molar-refractivity contribution < 1.29 is 13.2 Å². The second kappa shape index (κ2) is 5.65. The number of benzene rings is 1. The van der Waals surface area contributed by atoms with Gasteiger partial charge in [-0.2, -0.15) is 0 Å². The molecule has 8 heteroatoms. The fourth-order valence-corrected chi connectivity index (χ4v) is 3.29. The fraction of sp³-hybridized carbons (Fsp3) is 0.300. The Hall–Kier alpha value is -0.490. The monoisotopic (exact) mass is 329 g/mol. The van der Waals surface area contributed by atoms with Crippen LogP contribution in [0.5, 0.6) is 0 Å². The summed E-state index contributed by atoms with van der Waals surface area (Å²) in [5.74, 6) is 0. The lowest BCUT2D eigenvalue weighted by Crippen LogP contribution is -2.41. The fourth-order valence-electron chi connectivity index (χ4n) is 1.46. The molecule has 0 aliphatic rings. The first-order chi connectivity index (χ1) is 8.12. The highest BCUT2D eigenvalue weighted by atomic mass is 35.5. The lowest BCUT2D eigenvalue weighted by atomic mass is 10.3. The van der Waals surface area contributed by atoms with Gasteiger partial charge in [-0.25, -0.2) is 8.42 Å². The zero-order valence-corrected chi connectivity index (χ0v) is 12.6. The molecule has 0 bridgehead atoms. The van der Waals surface area contributed by atoms with Gasteiger partial charge in [-0.15, -0.1) is 0 Å². The van der Waals surface area contributed by atoms with E-state index in [-0.39, 0.29) is 15.7 Å². The standard InChI is InChI=1S/C10H10Cl3NO3S/c1-6(10(13)15)14(18(2,16)17)9-4-7(11)3-8(12)5-9/h3-6H,1-2H3. The quantitative estimate of drug-likeness (QED) is 0.798. The number of hydrogen-bond donors (Lipinski definition) is 0. The van der Waals surface area contributed by atoms with Gasteiger partial charge in [0.05, 0.1) is 11.9 Å². The summed E-state index contributed by atoms with van der Waals surface area (Å²) < 4.78 is 24.3. The normalized spacial score (nSPS) is 13.2. The molecule has 18 heavy (non-hydrogen) atoms. The second-order valence-electron chi connectivity index (χ2n) is 3.67. The second-order valence-corrected chi connectivity index (χ2v) is 6.77. The average molecular weight is 331 g/mol. The van der Waals surface area contributed by atoms with Crippen molar-refractivity contribution >= 4 is 55.8 Å². The number of sulfonamides is 1. The first-order valence-electron chi connectivity index (χ1n) is 4.78. The van der Waals surface area contributed by atoms with Crippen LogP contribution >= 0.6 is 34.8 Å². The van der Waals surface area contributed by atoms with E-state index in [2.05, 4.69) is 0 Å². The molecule has 0 radical (unpaired) electrons. The molecule has 1 aromatic carbocycles. The molecule has 0 heterocycles. The maximum absolute atomic E-state index is 11.7. The van der Waals surface area contributed by atoms with E-state index >= 15 is 0 Å². The number of carbonyl (C=O) groups excluding carboxylic acids is 1. The predicted octanol–water partition coefficient (Wildman–Crippen LogP) is 2.91. The van der Waals surface area contributed by atoms with Crippen LogP contribution in [0.1, 0.15) is 6.92 Å². The smallest absolute Gasteiger partial charge is 0.245 e. The van der Waals surface area contributed by atoms with E-state index in [0.29, 0.717) is 0 Å². The van der Waals surface area contributed by atoms with Crippen LogP contribution < -0.4 is 4.31 Å². The zero-order valence-electron chi connectivity index (χ0n) is 9.52. The molecule has 1 atom stereocenters. The minimum absolute atomic E-state index is 0.191. The maximum Gasteiger partial charge on any atom is 0.245 e. The van der Waals surface area contributed by atoms with Gasteiger partial charge in [0.1, 0.15) is 6.04 Å². The Labute approximate surface area is 120 Å². The number of anilines is 1. The maximum atomic E-state index is 11.7. The summed E-state index contributed by atoms with van der Waals surface area (Å²) in [6.45, 7) is 1.38. The van der Waals surface area contributed by atoms with Gasteiger partial charge >= 0.3 is 0 Å². The van der Waals surface area contributed by atoms with Crippen molar-refractivity contribution in [2.75, 3.05) is 10.6 Å². The molecular weight excluding hydrogens is 321 g/mol. The summed E-state index contributed by atoms with van der Waals surface area (Å²) >= 11 is 17.0. The van der Waals surface area contributed by atoms with Crippen LogP contribution in [0.3, 0.4) is 0 Å². The Bertz CT molecular complexity index is 553. The van der Waals surface area contributed by atoms with Gasteiger partial charge in [0.15, 0.2) is 0 Å². The lowest BCUT2D eigenvalue weighted by Gasteiger charge is -2.26. The van der Waals surface area contributed by atoms with Crippen molar-refractivity contribution in [3.8, 4) is 0 Å². The molecule has 1 aromatic rings. The molecule has 100 valence electrons. The van der Waals surface area contributed by atoms with Crippen molar-refractivity contribution in [1.82, 2.24) is 0 Å². The van der Waals surface area contributed by atoms with Crippen molar-refractivity contribution in [3.63, 3.8) is 0 Å². The first-order valence-corrected chi connectivity index (χ1v) is 7.76. The Morgan fingerprint density at radius 3 is 2.00 bits per heavy atom. The van der Waals surface area contributed by atoms with E-state index in [9.17, 15) is 13.2 Å². The topological polar surface area (TPSA) is 54.5 Å². The molecule has 0 saturated carbocycles. The van der Waals surface area contributed by atoms with Crippen molar-refractivity contribution in [3.05, 3.63) is 28.2 Å². The number of halogens is 3. The molecule has 1 unspecified atom stereocenters. The average Bonchev–Trinajstić information content (AvgIpc) is 2.13. The van der Waals surface area contributed by atoms with Crippen molar-refractivity contribution in [1.29, 1.82) is 0 Å². The predicted molar refractivity (Wildman–Crippen MR) is 74.1 cm³/mol. The molecule has 0 aromatic heterocycles. The molecule has 0 saturated heterocycles. The summed E-state index contributed by atoms with van der Waals surface area (Å²) in [5, 5.41) is -0.266. The highest BCUT2D eigenvalue weighted by Gasteiger charge is 2.28. The summed E-state index contributed by atoms with van der Waals surface area (Å²) in [7, 11) is -3.68. The molecule has 0 amide bonds.